The van der Waals surface area contributed by atoms with Crippen molar-refractivity contribution in [2.75, 3.05) is 11.9 Å². The van der Waals surface area contributed by atoms with Gasteiger partial charge < -0.3 is 10.1 Å². The van der Waals surface area contributed by atoms with Crippen LogP contribution in [0.4, 0.5) is 5.82 Å². The molecule has 3 rings (SSSR count). The molecule has 0 atom stereocenters. The largest absolute Gasteiger partial charge is 0.493 e. The lowest BCUT2D eigenvalue weighted by molar-refractivity contribution is -0.116. The third-order valence-corrected chi connectivity index (χ3v) is 4.01. The Hall–Kier alpha value is -3.08. The molecule has 0 unspecified atom stereocenters. The molecule has 0 bridgehead atoms. The Balaban J connectivity index is 1.46. The van der Waals surface area contributed by atoms with Gasteiger partial charge in [-0.05, 0) is 31.0 Å². The van der Waals surface area contributed by atoms with E-state index < -0.39 is 0 Å². The number of hydrogen-bond acceptors (Lipinski definition) is 3. The Morgan fingerprint density at radius 3 is 2.69 bits per heavy atom. The monoisotopic (exact) mass is 349 g/mol. The number of hydrogen-bond donors (Lipinski definition) is 1. The van der Waals surface area contributed by atoms with Crippen LogP contribution in [0.2, 0.25) is 0 Å². The van der Waals surface area contributed by atoms with Gasteiger partial charge >= 0.3 is 0 Å². The van der Waals surface area contributed by atoms with Gasteiger partial charge in [-0.2, -0.15) is 5.10 Å². The maximum absolute atomic E-state index is 12.1. The van der Waals surface area contributed by atoms with Crippen molar-refractivity contribution in [2.24, 2.45) is 0 Å². The van der Waals surface area contributed by atoms with Gasteiger partial charge in [-0.15, -0.1) is 0 Å². The lowest BCUT2D eigenvalue weighted by Gasteiger charge is -2.09. The SMILES string of the molecule is Cc1ccc(OCCC(=O)Nc2ccn(Cc3ccccc3)n2)c(C)c1. The van der Waals surface area contributed by atoms with Gasteiger partial charge in [-0.25, -0.2) is 0 Å². The van der Waals surface area contributed by atoms with E-state index in [9.17, 15) is 4.79 Å². The number of aryl methyl sites for hydroxylation is 2. The highest BCUT2D eigenvalue weighted by atomic mass is 16.5. The first-order valence-electron chi connectivity index (χ1n) is 8.67. The third kappa shape index (κ3) is 4.96. The van der Waals surface area contributed by atoms with Crippen LogP contribution in [0.15, 0.2) is 60.8 Å². The molecule has 5 nitrogen and oxygen atoms in total. The number of nitrogens with zero attached hydrogens (tertiary/aromatic N) is 2. The fourth-order valence-corrected chi connectivity index (χ4v) is 2.71. The molecular weight excluding hydrogens is 326 g/mol. The smallest absolute Gasteiger partial charge is 0.229 e. The topological polar surface area (TPSA) is 56.1 Å². The summed E-state index contributed by atoms with van der Waals surface area (Å²) in [6.07, 6.45) is 2.13. The first-order chi connectivity index (χ1) is 12.6. The molecule has 0 fully saturated rings. The number of carbonyl (C=O) groups is 1. The maximum Gasteiger partial charge on any atom is 0.229 e. The average Bonchev–Trinajstić information content (AvgIpc) is 3.04. The highest BCUT2D eigenvalue weighted by Crippen LogP contribution is 2.18. The Morgan fingerprint density at radius 2 is 1.92 bits per heavy atom. The average molecular weight is 349 g/mol. The van der Waals surface area contributed by atoms with Crippen molar-refractivity contribution in [3.63, 3.8) is 0 Å². The number of aromatic nitrogens is 2. The fourth-order valence-electron chi connectivity index (χ4n) is 2.71. The quantitative estimate of drug-likeness (QED) is 0.702. The fraction of sp³-hybridized carbons (Fsp3) is 0.238. The minimum atomic E-state index is -0.111. The molecule has 1 heterocycles. The molecular formula is C21H23N3O2. The summed E-state index contributed by atoms with van der Waals surface area (Å²) in [7, 11) is 0. The van der Waals surface area contributed by atoms with E-state index in [1.165, 1.54) is 5.56 Å². The zero-order valence-electron chi connectivity index (χ0n) is 15.1. The molecule has 5 heteroatoms. The van der Waals surface area contributed by atoms with Crippen molar-refractivity contribution in [1.29, 1.82) is 0 Å². The first kappa shape index (κ1) is 17.7. The van der Waals surface area contributed by atoms with Crippen LogP contribution in [0.5, 0.6) is 5.75 Å². The van der Waals surface area contributed by atoms with E-state index in [1.807, 2.05) is 62.5 Å². The van der Waals surface area contributed by atoms with Crippen LogP contribution < -0.4 is 10.1 Å². The lowest BCUT2D eigenvalue weighted by Crippen LogP contribution is -2.16. The summed E-state index contributed by atoms with van der Waals surface area (Å²) in [5.41, 5.74) is 3.43. The number of ether oxygens (including phenoxy) is 1. The Labute approximate surface area is 153 Å². The molecule has 0 aliphatic rings. The second-order valence-corrected chi connectivity index (χ2v) is 6.30. The van der Waals surface area contributed by atoms with Gasteiger partial charge in [0.05, 0.1) is 19.6 Å². The van der Waals surface area contributed by atoms with Gasteiger partial charge in [0, 0.05) is 12.3 Å². The molecule has 0 aliphatic carbocycles. The third-order valence-electron chi connectivity index (χ3n) is 4.01. The molecule has 2 aromatic carbocycles. The van der Waals surface area contributed by atoms with Crippen molar-refractivity contribution in [3.05, 3.63) is 77.5 Å². The molecule has 0 saturated heterocycles. The molecule has 0 spiro atoms. The first-order valence-corrected chi connectivity index (χ1v) is 8.67. The highest BCUT2D eigenvalue weighted by Gasteiger charge is 2.07. The van der Waals surface area contributed by atoms with E-state index in [4.69, 9.17) is 4.74 Å². The van der Waals surface area contributed by atoms with Gasteiger partial charge in [0.25, 0.3) is 0 Å². The number of anilines is 1. The Kier molecular flexibility index (Phi) is 5.69. The van der Waals surface area contributed by atoms with Crippen LogP contribution in [0.3, 0.4) is 0 Å². The van der Waals surface area contributed by atoms with Crippen molar-refractivity contribution < 1.29 is 9.53 Å². The lowest BCUT2D eigenvalue weighted by atomic mass is 10.1. The van der Waals surface area contributed by atoms with Crippen molar-refractivity contribution in [3.8, 4) is 5.75 Å². The molecule has 3 aromatic rings. The van der Waals surface area contributed by atoms with E-state index >= 15 is 0 Å². The van der Waals surface area contributed by atoms with Gasteiger partial charge in [0.1, 0.15) is 5.75 Å². The highest BCUT2D eigenvalue weighted by molar-refractivity contribution is 5.89. The van der Waals surface area contributed by atoms with E-state index in [0.29, 0.717) is 19.0 Å². The zero-order valence-corrected chi connectivity index (χ0v) is 15.1. The number of nitrogens with one attached hydrogen (secondary N) is 1. The van der Waals surface area contributed by atoms with Gasteiger partial charge in [-0.1, -0.05) is 48.0 Å². The van der Waals surface area contributed by atoms with Crippen LogP contribution in [0, 0.1) is 13.8 Å². The predicted molar refractivity (Wildman–Crippen MR) is 102 cm³/mol. The minimum absolute atomic E-state index is 0.111. The number of carbonyl (C=O) groups excluding carboxylic acids is 1. The summed E-state index contributed by atoms with van der Waals surface area (Å²) >= 11 is 0. The van der Waals surface area contributed by atoms with Crippen molar-refractivity contribution >= 4 is 11.7 Å². The van der Waals surface area contributed by atoms with E-state index in [1.54, 1.807) is 10.7 Å². The summed E-state index contributed by atoms with van der Waals surface area (Å²) < 4.78 is 7.50. The molecule has 0 radical (unpaired) electrons. The Morgan fingerprint density at radius 1 is 1.12 bits per heavy atom. The second-order valence-electron chi connectivity index (χ2n) is 6.30. The van der Waals surface area contributed by atoms with Crippen LogP contribution in [-0.2, 0) is 11.3 Å². The van der Waals surface area contributed by atoms with Gasteiger partial charge in [-0.3, -0.25) is 9.48 Å². The summed E-state index contributed by atoms with van der Waals surface area (Å²) in [6, 6.07) is 17.9. The van der Waals surface area contributed by atoms with Gasteiger partial charge in [0.15, 0.2) is 5.82 Å². The minimum Gasteiger partial charge on any atom is -0.493 e. The molecule has 134 valence electrons. The summed E-state index contributed by atoms with van der Waals surface area (Å²) in [5.74, 6) is 1.26. The van der Waals surface area contributed by atoms with E-state index in [-0.39, 0.29) is 12.3 Å². The van der Waals surface area contributed by atoms with Crippen molar-refractivity contribution in [2.45, 2.75) is 26.8 Å². The van der Waals surface area contributed by atoms with Crippen LogP contribution in [0.1, 0.15) is 23.1 Å². The van der Waals surface area contributed by atoms with Crippen molar-refractivity contribution in [1.82, 2.24) is 9.78 Å². The molecule has 1 amide bonds. The standard InChI is InChI=1S/C21H23N3O2/c1-16-8-9-19(17(2)14-16)26-13-11-21(25)22-20-10-12-24(23-20)15-18-6-4-3-5-7-18/h3-10,12,14H,11,13,15H2,1-2H3,(H,22,23,25). The Bertz CT molecular complexity index is 872. The second kappa shape index (κ2) is 8.34. The number of amides is 1. The predicted octanol–water partition coefficient (Wildman–Crippen LogP) is 3.96. The van der Waals surface area contributed by atoms with Crippen LogP contribution in [-0.4, -0.2) is 22.3 Å². The maximum atomic E-state index is 12.1. The molecule has 0 saturated carbocycles. The summed E-state index contributed by atoms with van der Waals surface area (Å²) in [5, 5.41) is 7.19. The molecule has 0 aliphatic heterocycles. The molecule has 26 heavy (non-hydrogen) atoms. The molecule has 1 N–H and O–H groups in total. The number of benzene rings is 2. The summed E-state index contributed by atoms with van der Waals surface area (Å²) in [6.45, 7) is 5.05. The normalized spacial score (nSPS) is 10.5. The van der Waals surface area contributed by atoms with E-state index in [2.05, 4.69) is 16.5 Å². The zero-order chi connectivity index (χ0) is 18.4. The van der Waals surface area contributed by atoms with Crippen LogP contribution in [0.25, 0.3) is 0 Å². The molecule has 1 aromatic heterocycles. The van der Waals surface area contributed by atoms with Gasteiger partial charge in [0.2, 0.25) is 5.91 Å². The van der Waals surface area contributed by atoms with E-state index in [0.717, 1.165) is 16.9 Å². The van der Waals surface area contributed by atoms with Crippen LogP contribution >= 0.6 is 0 Å². The summed E-state index contributed by atoms with van der Waals surface area (Å²) in [4.78, 5) is 12.1. The number of rotatable bonds is 7.